The highest BCUT2D eigenvalue weighted by Crippen LogP contribution is 2.35. The minimum Gasteiger partial charge on any atom is -0.406 e. The predicted molar refractivity (Wildman–Crippen MR) is 161 cm³/mol. The van der Waals surface area contributed by atoms with E-state index in [1.165, 1.54) is 12.1 Å². The van der Waals surface area contributed by atoms with E-state index in [1.807, 2.05) is 24.8 Å². The lowest BCUT2D eigenvalue weighted by Gasteiger charge is -2.53. The van der Waals surface area contributed by atoms with E-state index in [4.69, 9.17) is 0 Å². The van der Waals surface area contributed by atoms with Gasteiger partial charge in [-0.25, -0.2) is 4.79 Å². The number of hydrogen-bond acceptors (Lipinski definition) is 5. The molecule has 43 heavy (non-hydrogen) atoms. The summed E-state index contributed by atoms with van der Waals surface area (Å²) in [6, 6.07) is 11.7. The normalized spacial score (nSPS) is 20.4. The van der Waals surface area contributed by atoms with Crippen molar-refractivity contribution in [2.75, 3.05) is 44.6 Å². The molecule has 8 nitrogen and oxygen atoms in total. The number of halogens is 3. The zero-order chi connectivity index (χ0) is 31.4. The van der Waals surface area contributed by atoms with Crippen LogP contribution in [-0.2, 0) is 0 Å². The molecule has 236 valence electrons. The first-order chi connectivity index (χ1) is 20.3. The first kappa shape index (κ1) is 32.6. The Bertz CT molecular complexity index is 1260. The summed E-state index contributed by atoms with van der Waals surface area (Å²) in [6.07, 6.45) is -2.11. The summed E-state index contributed by atoms with van der Waals surface area (Å²) in [4.78, 5) is 32.2. The maximum absolute atomic E-state index is 13.4. The number of piperidine rings is 1. The van der Waals surface area contributed by atoms with E-state index in [2.05, 4.69) is 45.9 Å². The Morgan fingerprint density at radius 1 is 1.05 bits per heavy atom. The molecule has 0 radical (unpaired) electrons. The third-order valence-corrected chi connectivity index (χ3v) is 8.91. The number of carbonyl (C=O) groups excluding carboxylic acids is 2. The molecule has 0 bridgehead atoms. The minimum atomic E-state index is -4.70. The van der Waals surface area contributed by atoms with Gasteiger partial charge in [-0.1, -0.05) is 19.1 Å². The highest BCUT2D eigenvalue weighted by molar-refractivity contribution is 5.97. The summed E-state index contributed by atoms with van der Waals surface area (Å²) < 4.78 is 41.8. The second-order valence-electron chi connectivity index (χ2n) is 11.9. The number of urea groups is 1. The number of piperazine rings is 1. The van der Waals surface area contributed by atoms with E-state index in [0.29, 0.717) is 30.9 Å². The monoisotopic (exact) mass is 603 g/mol. The van der Waals surface area contributed by atoms with Gasteiger partial charge in [0.05, 0.1) is 0 Å². The fourth-order valence-corrected chi connectivity index (χ4v) is 6.47. The van der Waals surface area contributed by atoms with Gasteiger partial charge in [0.25, 0.3) is 5.91 Å². The van der Waals surface area contributed by atoms with Crippen LogP contribution < -0.4 is 15.4 Å². The summed E-state index contributed by atoms with van der Waals surface area (Å²) in [6.45, 7) is 14.9. The molecule has 2 atom stereocenters. The summed E-state index contributed by atoms with van der Waals surface area (Å²) in [7, 11) is 0. The van der Waals surface area contributed by atoms with Crippen molar-refractivity contribution in [3.05, 3.63) is 59.2 Å². The summed E-state index contributed by atoms with van der Waals surface area (Å²) >= 11 is 0. The van der Waals surface area contributed by atoms with Crippen LogP contribution >= 0.6 is 0 Å². The second kappa shape index (κ2) is 13.5. The first-order valence-corrected chi connectivity index (χ1v) is 15.1. The summed E-state index contributed by atoms with van der Waals surface area (Å²) in [5.41, 5.74) is 3.09. The van der Waals surface area contributed by atoms with Gasteiger partial charge in [0, 0.05) is 68.1 Å². The van der Waals surface area contributed by atoms with Gasteiger partial charge in [0.15, 0.2) is 0 Å². The number of aryl methyl sites for hydroxylation is 1. The van der Waals surface area contributed by atoms with Gasteiger partial charge in [0.2, 0.25) is 0 Å². The number of nitrogens with one attached hydrogen (secondary N) is 2. The molecule has 2 aliphatic heterocycles. The lowest BCUT2D eigenvalue weighted by molar-refractivity contribution is -0.274. The fraction of sp³-hybridized carbons (Fsp3) is 0.562. The number of hydrogen-bond donors (Lipinski definition) is 2. The van der Waals surface area contributed by atoms with Crippen LogP contribution in [0.1, 0.15) is 74.5 Å². The Morgan fingerprint density at radius 2 is 1.72 bits per heavy atom. The maximum atomic E-state index is 13.4. The molecule has 2 heterocycles. The van der Waals surface area contributed by atoms with E-state index >= 15 is 0 Å². The van der Waals surface area contributed by atoms with Crippen LogP contribution in [0, 0.1) is 6.92 Å². The minimum absolute atomic E-state index is 0.0136. The van der Waals surface area contributed by atoms with Crippen molar-refractivity contribution in [2.24, 2.45) is 0 Å². The van der Waals surface area contributed by atoms with Crippen LogP contribution in [0.3, 0.4) is 0 Å². The zero-order valence-electron chi connectivity index (χ0n) is 25.8. The first-order valence-electron chi connectivity index (χ1n) is 15.1. The van der Waals surface area contributed by atoms with Crippen molar-refractivity contribution in [1.29, 1.82) is 0 Å². The van der Waals surface area contributed by atoms with Gasteiger partial charge >= 0.3 is 12.4 Å². The molecule has 2 fully saturated rings. The summed E-state index contributed by atoms with van der Waals surface area (Å²) in [5.74, 6) is -0.193. The number of alkyl halides is 3. The molecule has 0 aromatic heterocycles. The van der Waals surface area contributed by atoms with Gasteiger partial charge < -0.3 is 20.3 Å². The number of amides is 3. The van der Waals surface area contributed by atoms with Crippen LogP contribution in [-0.4, -0.2) is 83.8 Å². The molecule has 11 heteroatoms. The predicted octanol–water partition coefficient (Wildman–Crippen LogP) is 6.19. The molecule has 4 rings (SSSR count). The molecule has 0 spiro atoms. The van der Waals surface area contributed by atoms with Crippen molar-refractivity contribution in [3.8, 4) is 5.75 Å². The van der Waals surface area contributed by atoms with Crippen LogP contribution in [0.15, 0.2) is 42.5 Å². The van der Waals surface area contributed by atoms with E-state index in [-0.39, 0.29) is 35.3 Å². The third-order valence-electron chi connectivity index (χ3n) is 8.91. The summed E-state index contributed by atoms with van der Waals surface area (Å²) in [5, 5.41) is 5.48. The van der Waals surface area contributed by atoms with Crippen molar-refractivity contribution in [3.63, 3.8) is 0 Å². The van der Waals surface area contributed by atoms with Crippen molar-refractivity contribution in [1.82, 2.24) is 20.0 Å². The van der Waals surface area contributed by atoms with E-state index in [9.17, 15) is 22.8 Å². The topological polar surface area (TPSA) is 77.2 Å². The van der Waals surface area contributed by atoms with Crippen LogP contribution in [0.5, 0.6) is 5.75 Å². The van der Waals surface area contributed by atoms with Crippen LogP contribution in [0.2, 0.25) is 0 Å². The van der Waals surface area contributed by atoms with Gasteiger partial charge in [-0.15, -0.1) is 13.2 Å². The maximum Gasteiger partial charge on any atom is 0.573 e. The Labute approximate surface area is 252 Å². The molecule has 2 saturated heterocycles. The number of rotatable bonds is 8. The number of likely N-dealkylation sites (tertiary alicyclic amines) is 1. The molecule has 0 unspecified atom stereocenters. The molecule has 2 N–H and O–H groups in total. The van der Waals surface area contributed by atoms with Crippen molar-refractivity contribution >= 4 is 17.6 Å². The molecule has 2 aliphatic rings. The largest absolute Gasteiger partial charge is 0.573 e. The quantitative estimate of drug-likeness (QED) is 0.377. The highest BCUT2D eigenvalue weighted by atomic mass is 19.4. The lowest BCUT2D eigenvalue weighted by atomic mass is 9.85. The van der Waals surface area contributed by atoms with E-state index in [1.54, 1.807) is 24.3 Å². The number of benzene rings is 2. The molecular formula is C32H44F3N5O3. The standard InChI is InChI=1S/C32H44F3N5O3/c1-6-28(24-8-11-26(12-9-24)43-32(33,34)35)40-19-18-39(21-23(40)4)31(5)14-16-38(17-15-31)29(41)27-13-10-25(20-22(27)3)37-30(42)36-7-2/h8-13,20,23,28H,6-7,14-19,21H2,1-5H3,(H2,36,37,42)/t23-,28-/m0/s1. The van der Waals surface area contributed by atoms with E-state index < -0.39 is 6.36 Å². The number of anilines is 1. The lowest BCUT2D eigenvalue weighted by Crippen LogP contribution is -2.62. The Morgan fingerprint density at radius 3 is 2.28 bits per heavy atom. The van der Waals surface area contributed by atoms with Gasteiger partial charge in [-0.2, -0.15) is 0 Å². The third kappa shape index (κ3) is 8.00. The average molecular weight is 604 g/mol. The Balaban J connectivity index is 1.33. The highest BCUT2D eigenvalue weighted by Gasteiger charge is 2.41. The van der Waals surface area contributed by atoms with Gasteiger partial charge in [-0.3, -0.25) is 14.6 Å². The van der Waals surface area contributed by atoms with E-state index in [0.717, 1.165) is 50.0 Å². The molecule has 2 aromatic carbocycles. The fourth-order valence-electron chi connectivity index (χ4n) is 6.47. The smallest absolute Gasteiger partial charge is 0.406 e. The Hall–Kier alpha value is -3.31. The van der Waals surface area contributed by atoms with Crippen LogP contribution in [0.4, 0.5) is 23.7 Å². The molecule has 3 amide bonds. The molecule has 0 saturated carbocycles. The SMILES string of the molecule is CCNC(=O)Nc1ccc(C(=O)N2CCC(C)(N3CCN([C@@H](CC)c4ccc(OC(F)(F)F)cc4)[C@@H](C)C3)CC2)c(C)c1. The molecular weight excluding hydrogens is 559 g/mol. The number of ether oxygens (including phenoxy) is 1. The number of nitrogens with zero attached hydrogens (tertiary/aromatic N) is 3. The zero-order valence-corrected chi connectivity index (χ0v) is 25.8. The van der Waals surface area contributed by atoms with Crippen LogP contribution in [0.25, 0.3) is 0 Å². The van der Waals surface area contributed by atoms with Gasteiger partial charge in [0.1, 0.15) is 5.75 Å². The van der Waals surface area contributed by atoms with Crippen molar-refractivity contribution < 1.29 is 27.5 Å². The van der Waals surface area contributed by atoms with Crippen molar-refractivity contribution in [2.45, 2.75) is 77.9 Å². The van der Waals surface area contributed by atoms with Gasteiger partial charge in [-0.05, 0) is 88.4 Å². The second-order valence-corrected chi connectivity index (χ2v) is 11.9. The average Bonchev–Trinajstić information content (AvgIpc) is 2.94. The number of carbonyl (C=O) groups is 2. The molecule has 2 aromatic rings. The molecule has 0 aliphatic carbocycles. The Kier molecular flexibility index (Phi) is 10.3.